The quantitative estimate of drug-likeness (QED) is 0.188. The van der Waals surface area contributed by atoms with Crippen molar-refractivity contribution in [3.8, 4) is 0 Å². The summed E-state index contributed by atoms with van der Waals surface area (Å²) in [5.74, 6) is -3.62. The van der Waals surface area contributed by atoms with Crippen molar-refractivity contribution < 1.29 is 29.4 Å². The molecule has 0 radical (unpaired) electrons. The second-order valence-corrected chi connectivity index (χ2v) is 8.09. The number of rotatable bonds is 11. The molecule has 1 heterocycles. The minimum absolute atomic E-state index is 0.0186. The first-order chi connectivity index (χ1) is 15.5. The van der Waals surface area contributed by atoms with Crippen LogP contribution in [0.15, 0.2) is 30.5 Å². The number of aliphatic hydroxyl groups is 1. The van der Waals surface area contributed by atoms with E-state index in [0.717, 1.165) is 10.9 Å². The highest BCUT2D eigenvalue weighted by Gasteiger charge is 2.32. The van der Waals surface area contributed by atoms with Crippen molar-refractivity contribution in [3.63, 3.8) is 0 Å². The van der Waals surface area contributed by atoms with Crippen LogP contribution in [0.3, 0.4) is 0 Å². The predicted octanol–water partition coefficient (Wildman–Crippen LogP) is -1.09. The minimum Gasteiger partial charge on any atom is -0.480 e. The average Bonchev–Trinajstić information content (AvgIpc) is 3.17. The van der Waals surface area contributed by atoms with Gasteiger partial charge in [0, 0.05) is 29.3 Å². The van der Waals surface area contributed by atoms with Gasteiger partial charge in [-0.25, -0.2) is 4.79 Å². The number of aliphatic hydroxyl groups excluding tert-OH is 1. The summed E-state index contributed by atoms with van der Waals surface area (Å²) < 4.78 is 0. The van der Waals surface area contributed by atoms with Gasteiger partial charge in [0.05, 0.1) is 12.1 Å². The summed E-state index contributed by atoms with van der Waals surface area (Å²) in [6, 6.07) is 2.58. The Balaban J connectivity index is 2.12. The fourth-order valence-electron chi connectivity index (χ4n) is 3.14. The Morgan fingerprint density at radius 3 is 2.24 bits per heavy atom. The maximum atomic E-state index is 12.8. The van der Waals surface area contributed by atoms with E-state index in [0.29, 0.717) is 5.56 Å². The maximum absolute atomic E-state index is 12.8. The number of H-pyrrole nitrogens is 1. The van der Waals surface area contributed by atoms with Crippen LogP contribution in [0.2, 0.25) is 0 Å². The fraction of sp³-hybridized carbons (Fsp3) is 0.429. The molecule has 8 N–H and O–H groups in total. The van der Waals surface area contributed by atoms with Crippen LogP contribution in [0, 0.1) is 0 Å². The van der Waals surface area contributed by atoms with Gasteiger partial charge in [0.15, 0.2) is 0 Å². The zero-order chi connectivity index (χ0) is 24.7. The van der Waals surface area contributed by atoms with Gasteiger partial charge in [-0.3, -0.25) is 14.4 Å². The number of nitrogens with one attached hydrogen (secondary N) is 4. The molecule has 2 aromatic rings. The van der Waals surface area contributed by atoms with E-state index in [-0.39, 0.29) is 12.2 Å². The number of hydrogen-bond donors (Lipinski definition) is 8. The van der Waals surface area contributed by atoms with Crippen LogP contribution in [0.25, 0.3) is 10.9 Å². The van der Waals surface area contributed by atoms with Crippen LogP contribution in [0.4, 0.5) is 0 Å². The summed E-state index contributed by atoms with van der Waals surface area (Å²) in [5.41, 5.74) is 6.99. The second-order valence-electron chi connectivity index (χ2n) is 7.72. The molecule has 0 saturated heterocycles. The monoisotopic (exact) mass is 479 g/mol. The van der Waals surface area contributed by atoms with Crippen molar-refractivity contribution in [1.29, 1.82) is 0 Å². The molecule has 0 bridgehead atoms. The topological polar surface area (TPSA) is 187 Å². The molecule has 3 amide bonds. The molecule has 2 rings (SSSR count). The zero-order valence-electron chi connectivity index (χ0n) is 18.2. The van der Waals surface area contributed by atoms with Gasteiger partial charge in [0.1, 0.15) is 18.1 Å². The lowest BCUT2D eigenvalue weighted by atomic mass is 10.0. The van der Waals surface area contributed by atoms with Crippen molar-refractivity contribution in [2.75, 3.05) is 5.75 Å². The third kappa shape index (κ3) is 6.94. The maximum Gasteiger partial charge on any atom is 0.326 e. The third-order valence-electron chi connectivity index (χ3n) is 5.01. The van der Waals surface area contributed by atoms with Crippen molar-refractivity contribution in [2.45, 2.75) is 50.5 Å². The van der Waals surface area contributed by atoms with E-state index in [9.17, 15) is 29.4 Å². The average molecular weight is 480 g/mol. The van der Waals surface area contributed by atoms with E-state index >= 15 is 0 Å². The highest BCUT2D eigenvalue weighted by molar-refractivity contribution is 7.80. The van der Waals surface area contributed by atoms with E-state index in [1.54, 1.807) is 6.20 Å². The number of fused-ring (bicyclic) bond motifs is 1. The molecule has 0 saturated carbocycles. The Kier molecular flexibility index (Phi) is 9.26. The molecule has 33 heavy (non-hydrogen) atoms. The van der Waals surface area contributed by atoms with Crippen LogP contribution in [-0.4, -0.2) is 74.9 Å². The SMILES string of the molecule is CC(N)C(=O)NC(CS)C(=O)NC(C(=O)NC(Cc1c[nH]c2ccccc12)C(=O)O)C(C)O. The number of aliphatic carboxylic acids is 1. The summed E-state index contributed by atoms with van der Waals surface area (Å²) >= 11 is 4.03. The van der Waals surface area contributed by atoms with E-state index in [4.69, 9.17) is 5.73 Å². The van der Waals surface area contributed by atoms with Gasteiger partial charge in [0.25, 0.3) is 0 Å². The normalized spacial score (nSPS) is 15.7. The molecule has 0 spiro atoms. The number of para-hydroxylation sites is 1. The van der Waals surface area contributed by atoms with Gasteiger partial charge in [-0.2, -0.15) is 12.6 Å². The Labute approximate surface area is 195 Å². The summed E-state index contributed by atoms with van der Waals surface area (Å²) in [4.78, 5) is 52.0. The molecule has 5 atom stereocenters. The van der Waals surface area contributed by atoms with E-state index in [1.807, 2.05) is 24.3 Å². The lowest BCUT2D eigenvalue weighted by molar-refractivity contribution is -0.143. The van der Waals surface area contributed by atoms with Crippen LogP contribution >= 0.6 is 12.6 Å². The van der Waals surface area contributed by atoms with E-state index < -0.39 is 54.0 Å². The number of amides is 3. The number of carbonyl (C=O) groups is 4. The fourth-order valence-corrected chi connectivity index (χ4v) is 3.40. The lowest BCUT2D eigenvalue weighted by Crippen LogP contribution is -2.60. The smallest absolute Gasteiger partial charge is 0.326 e. The number of hydrogen-bond acceptors (Lipinski definition) is 7. The highest BCUT2D eigenvalue weighted by atomic mass is 32.1. The summed E-state index contributed by atoms with van der Waals surface area (Å²) in [6.07, 6.45) is 0.301. The molecular weight excluding hydrogens is 450 g/mol. The van der Waals surface area contributed by atoms with Crippen LogP contribution < -0.4 is 21.7 Å². The predicted molar refractivity (Wildman–Crippen MR) is 125 cm³/mol. The zero-order valence-corrected chi connectivity index (χ0v) is 19.1. The van der Waals surface area contributed by atoms with Crippen LogP contribution in [0.5, 0.6) is 0 Å². The Hall–Kier alpha value is -3.09. The molecule has 0 aliphatic carbocycles. The highest BCUT2D eigenvalue weighted by Crippen LogP contribution is 2.19. The van der Waals surface area contributed by atoms with Crippen molar-refractivity contribution >= 4 is 47.2 Å². The largest absolute Gasteiger partial charge is 0.480 e. The first-order valence-corrected chi connectivity index (χ1v) is 10.9. The summed E-state index contributed by atoms with van der Waals surface area (Å²) in [6.45, 7) is 2.71. The van der Waals surface area contributed by atoms with E-state index in [2.05, 4.69) is 33.6 Å². The van der Waals surface area contributed by atoms with Crippen LogP contribution in [-0.2, 0) is 25.6 Å². The van der Waals surface area contributed by atoms with Gasteiger partial charge in [0.2, 0.25) is 17.7 Å². The Morgan fingerprint density at radius 2 is 1.67 bits per heavy atom. The van der Waals surface area contributed by atoms with Gasteiger partial charge >= 0.3 is 5.97 Å². The van der Waals surface area contributed by atoms with Crippen molar-refractivity contribution in [1.82, 2.24) is 20.9 Å². The summed E-state index contributed by atoms with van der Waals surface area (Å²) in [5, 5.41) is 27.6. The van der Waals surface area contributed by atoms with Gasteiger partial charge in [-0.1, -0.05) is 18.2 Å². The molecule has 0 fully saturated rings. The third-order valence-corrected chi connectivity index (χ3v) is 5.37. The number of carbonyl (C=O) groups excluding carboxylic acids is 3. The van der Waals surface area contributed by atoms with Gasteiger partial charge in [-0.15, -0.1) is 0 Å². The number of thiol groups is 1. The minimum atomic E-state index is -1.46. The lowest BCUT2D eigenvalue weighted by Gasteiger charge is -2.25. The number of nitrogens with two attached hydrogens (primary N) is 1. The molecule has 0 aliphatic heterocycles. The first-order valence-electron chi connectivity index (χ1n) is 10.3. The van der Waals surface area contributed by atoms with Crippen molar-refractivity contribution in [2.24, 2.45) is 5.73 Å². The van der Waals surface area contributed by atoms with Crippen molar-refractivity contribution in [3.05, 3.63) is 36.0 Å². The molecular formula is C21H29N5O6S. The molecule has 5 unspecified atom stereocenters. The van der Waals surface area contributed by atoms with Crippen LogP contribution in [0.1, 0.15) is 19.4 Å². The molecule has 180 valence electrons. The van der Waals surface area contributed by atoms with Gasteiger partial charge < -0.3 is 36.9 Å². The standard InChI is InChI=1S/C21H29N5O6S/c1-10(22)18(28)25-16(9-33)19(29)26-17(11(2)27)20(30)24-15(21(31)32)7-12-8-23-14-6-4-3-5-13(12)14/h3-6,8,10-11,15-17,23,27,33H,7,9,22H2,1-2H3,(H,24,30)(H,25,28)(H,26,29)(H,31,32). The Morgan fingerprint density at radius 1 is 1.03 bits per heavy atom. The van der Waals surface area contributed by atoms with Gasteiger partial charge in [-0.05, 0) is 25.5 Å². The van der Waals surface area contributed by atoms with E-state index in [1.165, 1.54) is 13.8 Å². The summed E-state index contributed by atoms with van der Waals surface area (Å²) in [7, 11) is 0. The Bertz CT molecular complexity index is 1010. The first kappa shape index (κ1) is 26.2. The number of aromatic amines is 1. The molecule has 1 aromatic carbocycles. The number of benzene rings is 1. The molecule has 11 nitrogen and oxygen atoms in total. The number of carboxylic acid groups (broad SMARTS) is 1. The number of aromatic nitrogens is 1. The number of carboxylic acids is 1. The molecule has 12 heteroatoms. The second kappa shape index (κ2) is 11.7. The molecule has 0 aliphatic rings. The molecule has 1 aromatic heterocycles.